The summed E-state index contributed by atoms with van der Waals surface area (Å²) in [4.78, 5) is 12.2. The lowest BCUT2D eigenvalue weighted by Crippen LogP contribution is -2.15. The largest absolute Gasteiger partial charge is 0.497 e. The third-order valence-corrected chi connectivity index (χ3v) is 4.82. The van der Waals surface area contributed by atoms with Gasteiger partial charge in [-0.05, 0) is 47.9 Å². The quantitative estimate of drug-likeness (QED) is 0.707. The molecule has 2 aromatic rings. The van der Waals surface area contributed by atoms with Gasteiger partial charge in [-0.15, -0.1) is 0 Å². The van der Waals surface area contributed by atoms with Crippen LogP contribution in [0, 0.1) is 0 Å². The summed E-state index contributed by atoms with van der Waals surface area (Å²) in [7, 11) is -0.792. The van der Waals surface area contributed by atoms with Crippen LogP contribution in [0.4, 0.5) is 5.69 Å². The highest BCUT2D eigenvalue weighted by Crippen LogP contribution is 2.23. The summed E-state index contributed by atoms with van der Waals surface area (Å²) in [6.45, 7) is 1.83. The molecule has 0 aromatic heterocycles. The van der Waals surface area contributed by atoms with E-state index < -0.39 is 15.9 Å². The smallest absolute Gasteiger partial charge is 0.248 e. The molecule has 0 fully saturated rings. The maximum absolute atomic E-state index is 12.2. The maximum Gasteiger partial charge on any atom is 0.248 e. The monoisotopic (exact) mass is 390 g/mol. The topological polar surface area (TPSA) is 108 Å². The van der Waals surface area contributed by atoms with E-state index in [1.54, 1.807) is 36.4 Å². The fourth-order valence-electron chi connectivity index (χ4n) is 2.47. The first-order chi connectivity index (χ1) is 12.8. The van der Waals surface area contributed by atoms with Gasteiger partial charge < -0.3 is 14.8 Å². The number of hydrogen-bond acceptors (Lipinski definition) is 5. The number of methoxy groups -OCH3 is 2. The molecule has 7 nitrogen and oxygen atoms in total. The van der Waals surface area contributed by atoms with E-state index in [1.807, 2.05) is 6.92 Å². The minimum absolute atomic E-state index is 0.00399. The van der Waals surface area contributed by atoms with E-state index in [1.165, 1.54) is 26.4 Å². The van der Waals surface area contributed by atoms with Gasteiger partial charge in [0.25, 0.3) is 0 Å². The zero-order chi connectivity index (χ0) is 20.0. The molecule has 2 rings (SSSR count). The highest BCUT2D eigenvalue weighted by atomic mass is 32.2. The molecule has 27 heavy (non-hydrogen) atoms. The second kappa shape index (κ2) is 8.70. The average molecular weight is 390 g/mol. The number of nitrogens with two attached hydrogens (primary N) is 1. The van der Waals surface area contributed by atoms with Crippen LogP contribution >= 0.6 is 0 Å². The van der Waals surface area contributed by atoms with Crippen molar-refractivity contribution in [1.82, 2.24) is 0 Å². The lowest BCUT2D eigenvalue weighted by atomic mass is 10.1. The number of carbonyl (C=O) groups is 1. The van der Waals surface area contributed by atoms with Crippen molar-refractivity contribution in [2.24, 2.45) is 5.14 Å². The molecule has 0 saturated heterocycles. The summed E-state index contributed by atoms with van der Waals surface area (Å²) in [6, 6.07) is 9.85. The first-order valence-electron chi connectivity index (χ1n) is 8.14. The predicted octanol–water partition coefficient (Wildman–Crippen LogP) is 2.57. The number of anilines is 1. The van der Waals surface area contributed by atoms with E-state index in [-0.39, 0.29) is 4.90 Å². The number of rotatable bonds is 7. The Balaban J connectivity index is 2.20. The van der Waals surface area contributed by atoms with Gasteiger partial charge in [0, 0.05) is 17.8 Å². The van der Waals surface area contributed by atoms with Crippen LogP contribution in [0.25, 0.3) is 6.08 Å². The second-order valence-electron chi connectivity index (χ2n) is 5.69. The average Bonchev–Trinajstić information content (AvgIpc) is 2.65. The van der Waals surface area contributed by atoms with Crippen LogP contribution in [0.1, 0.15) is 18.1 Å². The van der Waals surface area contributed by atoms with E-state index >= 15 is 0 Å². The van der Waals surface area contributed by atoms with Gasteiger partial charge >= 0.3 is 0 Å². The normalized spacial score (nSPS) is 11.4. The fraction of sp³-hybridized carbons (Fsp3) is 0.211. The Morgan fingerprint density at radius 2 is 1.74 bits per heavy atom. The second-order valence-corrected chi connectivity index (χ2v) is 7.22. The molecule has 0 aliphatic carbocycles. The molecule has 0 saturated carbocycles. The Morgan fingerprint density at radius 1 is 1.11 bits per heavy atom. The summed E-state index contributed by atoms with van der Waals surface area (Å²) in [5.74, 6) is 0.783. The van der Waals surface area contributed by atoms with Crippen LogP contribution in [0.3, 0.4) is 0 Å². The number of hydrogen-bond donors (Lipinski definition) is 2. The number of benzene rings is 2. The Labute approximate surface area is 158 Å². The molecule has 0 atom stereocenters. The van der Waals surface area contributed by atoms with Crippen molar-refractivity contribution in [1.29, 1.82) is 0 Å². The van der Waals surface area contributed by atoms with E-state index in [2.05, 4.69) is 5.32 Å². The highest BCUT2D eigenvalue weighted by Gasteiger charge is 2.14. The number of carbonyl (C=O) groups excluding carboxylic acids is 1. The summed E-state index contributed by atoms with van der Waals surface area (Å²) in [5.41, 5.74) is 1.65. The lowest BCUT2D eigenvalue weighted by Gasteiger charge is -2.09. The number of nitrogens with one attached hydrogen (secondary N) is 1. The molecule has 0 aliphatic rings. The van der Waals surface area contributed by atoms with E-state index in [9.17, 15) is 13.2 Å². The predicted molar refractivity (Wildman–Crippen MR) is 104 cm³/mol. The van der Waals surface area contributed by atoms with E-state index in [0.717, 1.165) is 0 Å². The SMILES string of the molecule is CCc1ccc(NC(=O)/C=C/c2cc(OC)cc(OC)c2)cc1S(N)(=O)=O. The molecule has 0 unspecified atom stereocenters. The first-order valence-corrected chi connectivity index (χ1v) is 9.69. The van der Waals surface area contributed by atoms with Gasteiger partial charge in [0.1, 0.15) is 11.5 Å². The van der Waals surface area contributed by atoms with Crippen LogP contribution in [0.2, 0.25) is 0 Å². The van der Waals surface area contributed by atoms with E-state index in [0.29, 0.717) is 34.7 Å². The fourth-order valence-corrected chi connectivity index (χ4v) is 3.34. The van der Waals surface area contributed by atoms with Gasteiger partial charge in [-0.2, -0.15) is 0 Å². The summed E-state index contributed by atoms with van der Waals surface area (Å²) >= 11 is 0. The van der Waals surface area contributed by atoms with Gasteiger partial charge in [0.05, 0.1) is 19.1 Å². The summed E-state index contributed by atoms with van der Waals surface area (Å²) < 4.78 is 33.8. The number of amides is 1. The standard InChI is InChI=1S/C19H22N2O5S/c1-4-14-6-7-15(11-18(14)27(20,23)24)21-19(22)8-5-13-9-16(25-2)12-17(10-13)26-3/h5-12H,4H2,1-3H3,(H,21,22)(H2,20,23,24)/b8-5+. The lowest BCUT2D eigenvalue weighted by molar-refractivity contribution is -0.111. The van der Waals surface area contributed by atoms with Crippen LogP contribution in [0.15, 0.2) is 47.4 Å². The Kier molecular flexibility index (Phi) is 6.59. The zero-order valence-corrected chi connectivity index (χ0v) is 16.2. The van der Waals surface area contributed by atoms with Crippen molar-refractivity contribution in [3.05, 3.63) is 53.6 Å². The molecule has 8 heteroatoms. The van der Waals surface area contributed by atoms with Gasteiger partial charge in [-0.3, -0.25) is 4.79 Å². The van der Waals surface area contributed by atoms with Crippen molar-refractivity contribution in [2.45, 2.75) is 18.2 Å². The van der Waals surface area contributed by atoms with Crippen molar-refractivity contribution in [3.8, 4) is 11.5 Å². The first kappa shape index (κ1) is 20.5. The molecule has 2 aromatic carbocycles. The van der Waals surface area contributed by atoms with Gasteiger partial charge in [0.2, 0.25) is 15.9 Å². The third kappa shape index (κ3) is 5.57. The third-order valence-electron chi connectivity index (χ3n) is 3.82. The van der Waals surface area contributed by atoms with Crippen LogP contribution in [0.5, 0.6) is 11.5 Å². The van der Waals surface area contributed by atoms with Gasteiger partial charge in [-0.1, -0.05) is 13.0 Å². The van der Waals surface area contributed by atoms with Crippen molar-refractivity contribution >= 4 is 27.7 Å². The molecule has 0 heterocycles. The van der Waals surface area contributed by atoms with Crippen molar-refractivity contribution in [2.75, 3.05) is 19.5 Å². The molecule has 0 spiro atoms. The Bertz CT molecular complexity index is 946. The van der Waals surface area contributed by atoms with Gasteiger partial charge in [-0.25, -0.2) is 13.6 Å². The minimum Gasteiger partial charge on any atom is -0.497 e. The van der Waals surface area contributed by atoms with Gasteiger partial charge in [0.15, 0.2) is 0 Å². The number of primary sulfonamides is 1. The summed E-state index contributed by atoms with van der Waals surface area (Å²) in [5, 5.41) is 7.87. The Morgan fingerprint density at radius 3 is 2.26 bits per heavy atom. The molecular weight excluding hydrogens is 368 g/mol. The van der Waals surface area contributed by atoms with Crippen LogP contribution in [-0.4, -0.2) is 28.5 Å². The van der Waals surface area contributed by atoms with Crippen molar-refractivity contribution < 1.29 is 22.7 Å². The molecule has 3 N–H and O–H groups in total. The highest BCUT2D eigenvalue weighted by molar-refractivity contribution is 7.89. The zero-order valence-electron chi connectivity index (χ0n) is 15.4. The minimum atomic E-state index is -3.87. The molecule has 144 valence electrons. The number of aryl methyl sites for hydroxylation is 1. The van der Waals surface area contributed by atoms with Crippen LogP contribution < -0.4 is 19.9 Å². The molecule has 0 aliphatic heterocycles. The Hall–Kier alpha value is -2.84. The number of sulfonamides is 1. The molecule has 1 amide bonds. The van der Waals surface area contributed by atoms with E-state index in [4.69, 9.17) is 14.6 Å². The van der Waals surface area contributed by atoms with Crippen LogP contribution in [-0.2, 0) is 21.2 Å². The van der Waals surface area contributed by atoms with Crippen molar-refractivity contribution in [3.63, 3.8) is 0 Å². The number of ether oxygens (including phenoxy) is 2. The maximum atomic E-state index is 12.2. The molecule has 0 bridgehead atoms. The molecule has 0 radical (unpaired) electrons. The molecular formula is C19H22N2O5S. The summed E-state index contributed by atoms with van der Waals surface area (Å²) in [6.07, 6.45) is 3.44.